The van der Waals surface area contributed by atoms with Crippen molar-refractivity contribution < 1.29 is 18.9 Å². The highest BCUT2D eigenvalue weighted by molar-refractivity contribution is 8.18. The van der Waals surface area contributed by atoms with Crippen molar-refractivity contribution >= 4 is 40.4 Å². The van der Waals surface area contributed by atoms with Crippen molar-refractivity contribution in [2.24, 2.45) is 0 Å². The number of nitro groups is 1. The molecule has 0 bridgehead atoms. The number of carbonyl (C=O) groups is 2. The number of non-ortho nitro benzene ring substituents is 1. The summed E-state index contributed by atoms with van der Waals surface area (Å²) in [5.74, 6) is -0.951. The van der Waals surface area contributed by atoms with Gasteiger partial charge in [0, 0.05) is 17.8 Å². The van der Waals surface area contributed by atoms with E-state index in [1.54, 1.807) is 12.1 Å². The minimum absolute atomic E-state index is 0.102. The molecule has 0 aromatic heterocycles. The van der Waals surface area contributed by atoms with Crippen LogP contribution in [0.5, 0.6) is 0 Å². The number of amides is 2. The summed E-state index contributed by atoms with van der Waals surface area (Å²) >= 11 is 0.754. The first-order chi connectivity index (χ1) is 12.4. The molecule has 1 aliphatic heterocycles. The number of anilines is 1. The Kier molecular flexibility index (Phi) is 4.99. The average Bonchev–Trinajstić information content (AvgIpc) is 2.87. The summed E-state index contributed by atoms with van der Waals surface area (Å²) in [6, 6.07) is 11.4. The van der Waals surface area contributed by atoms with E-state index in [9.17, 15) is 24.1 Å². The summed E-state index contributed by atoms with van der Waals surface area (Å²) in [4.78, 5) is 35.8. The maximum atomic E-state index is 13.2. The molecule has 1 heterocycles. The molecule has 2 aromatic carbocycles. The van der Waals surface area contributed by atoms with Crippen LogP contribution in [-0.2, 0) is 4.79 Å². The van der Waals surface area contributed by atoms with Gasteiger partial charge in [-0.3, -0.25) is 24.6 Å². The molecule has 1 N–H and O–H groups in total. The van der Waals surface area contributed by atoms with Gasteiger partial charge >= 0.3 is 0 Å². The Morgan fingerprint density at radius 2 is 1.96 bits per heavy atom. The number of imide groups is 1. The fourth-order valence-electron chi connectivity index (χ4n) is 2.28. The molecule has 2 aromatic rings. The van der Waals surface area contributed by atoms with Gasteiger partial charge < -0.3 is 5.32 Å². The van der Waals surface area contributed by atoms with Crippen molar-refractivity contribution in [2.75, 3.05) is 12.0 Å². The first-order valence-electron chi connectivity index (χ1n) is 7.43. The molecule has 0 spiro atoms. The van der Waals surface area contributed by atoms with Crippen LogP contribution >= 0.6 is 11.8 Å². The highest BCUT2D eigenvalue weighted by Gasteiger charge is 2.34. The Morgan fingerprint density at radius 3 is 2.69 bits per heavy atom. The van der Waals surface area contributed by atoms with Gasteiger partial charge in [-0.1, -0.05) is 18.2 Å². The summed E-state index contributed by atoms with van der Waals surface area (Å²) in [5, 5.41) is 13.1. The van der Waals surface area contributed by atoms with E-state index >= 15 is 0 Å². The van der Waals surface area contributed by atoms with Crippen LogP contribution in [0.15, 0.2) is 53.4 Å². The van der Waals surface area contributed by atoms with Gasteiger partial charge in [0.15, 0.2) is 0 Å². The first-order valence-corrected chi connectivity index (χ1v) is 8.25. The molecule has 2 amide bonds. The van der Waals surface area contributed by atoms with Crippen LogP contribution in [0.2, 0.25) is 0 Å². The van der Waals surface area contributed by atoms with E-state index in [0.717, 1.165) is 16.7 Å². The number of rotatable bonds is 5. The van der Waals surface area contributed by atoms with Gasteiger partial charge in [0.05, 0.1) is 16.5 Å². The normalized spacial score (nSPS) is 15.6. The zero-order valence-corrected chi connectivity index (χ0v) is 14.0. The van der Waals surface area contributed by atoms with Crippen molar-refractivity contribution in [3.05, 3.63) is 74.9 Å². The third kappa shape index (κ3) is 3.89. The van der Waals surface area contributed by atoms with Crippen LogP contribution in [-0.4, -0.2) is 27.6 Å². The van der Waals surface area contributed by atoms with Gasteiger partial charge in [0.1, 0.15) is 5.82 Å². The lowest BCUT2D eigenvalue weighted by atomic mass is 10.2. The third-order valence-electron chi connectivity index (χ3n) is 3.52. The number of benzene rings is 2. The van der Waals surface area contributed by atoms with E-state index in [1.807, 2.05) is 0 Å². The molecule has 7 nitrogen and oxygen atoms in total. The Hall–Kier alpha value is -3.20. The number of nitro benzene ring substituents is 1. The molecule has 0 radical (unpaired) electrons. The standard InChI is InChI=1S/C17H12FN3O4S/c18-12-4-1-3-11(7-12)8-15-16(22)20(17(23)26-15)10-19-13-5-2-6-14(9-13)21(24)25/h1-9,19H,10H2/b15-8+. The number of nitrogens with one attached hydrogen (secondary N) is 1. The minimum Gasteiger partial charge on any atom is -0.367 e. The number of halogens is 1. The molecule has 1 fully saturated rings. The summed E-state index contributed by atoms with van der Waals surface area (Å²) in [7, 11) is 0. The van der Waals surface area contributed by atoms with Gasteiger partial charge in [-0.2, -0.15) is 0 Å². The van der Waals surface area contributed by atoms with Crippen LogP contribution in [0.1, 0.15) is 5.56 Å². The Balaban J connectivity index is 1.71. The van der Waals surface area contributed by atoms with Crippen LogP contribution in [0.4, 0.5) is 20.6 Å². The largest absolute Gasteiger partial charge is 0.367 e. The summed E-state index contributed by atoms with van der Waals surface area (Å²) < 4.78 is 13.2. The monoisotopic (exact) mass is 373 g/mol. The lowest BCUT2D eigenvalue weighted by molar-refractivity contribution is -0.384. The number of nitrogens with zero attached hydrogens (tertiary/aromatic N) is 2. The van der Waals surface area contributed by atoms with E-state index in [1.165, 1.54) is 42.5 Å². The van der Waals surface area contributed by atoms with Crippen LogP contribution in [0.25, 0.3) is 6.08 Å². The fraction of sp³-hybridized carbons (Fsp3) is 0.0588. The topological polar surface area (TPSA) is 92.6 Å². The molecular formula is C17H12FN3O4S. The van der Waals surface area contributed by atoms with Crippen LogP contribution in [0, 0.1) is 15.9 Å². The molecule has 0 atom stereocenters. The van der Waals surface area contributed by atoms with Crippen molar-refractivity contribution in [1.82, 2.24) is 4.90 Å². The van der Waals surface area contributed by atoms with Gasteiger partial charge in [0.2, 0.25) is 0 Å². The van der Waals surface area contributed by atoms with Gasteiger partial charge in [0.25, 0.3) is 16.8 Å². The predicted molar refractivity (Wildman–Crippen MR) is 95.8 cm³/mol. The van der Waals surface area contributed by atoms with E-state index in [4.69, 9.17) is 0 Å². The maximum Gasteiger partial charge on any atom is 0.295 e. The maximum absolute atomic E-state index is 13.2. The van der Waals surface area contributed by atoms with E-state index < -0.39 is 21.9 Å². The quantitative estimate of drug-likeness (QED) is 0.486. The molecule has 132 valence electrons. The second kappa shape index (κ2) is 7.36. The van der Waals surface area contributed by atoms with E-state index in [-0.39, 0.29) is 17.3 Å². The Bertz CT molecular complexity index is 932. The van der Waals surface area contributed by atoms with Gasteiger partial charge in [-0.05, 0) is 41.6 Å². The van der Waals surface area contributed by atoms with Crippen molar-refractivity contribution in [1.29, 1.82) is 0 Å². The van der Waals surface area contributed by atoms with Crippen LogP contribution in [0.3, 0.4) is 0 Å². The molecule has 0 saturated carbocycles. The summed E-state index contributed by atoms with van der Waals surface area (Å²) in [6.45, 7) is -0.133. The third-order valence-corrected chi connectivity index (χ3v) is 4.43. The number of thioether (sulfide) groups is 1. The van der Waals surface area contributed by atoms with Crippen LogP contribution < -0.4 is 5.32 Å². The average molecular weight is 373 g/mol. The molecule has 0 aliphatic carbocycles. The SMILES string of the molecule is O=C1S/C(=C/c2cccc(F)c2)C(=O)N1CNc1cccc([N+](=O)[O-])c1. The Morgan fingerprint density at radius 1 is 1.19 bits per heavy atom. The fourth-order valence-corrected chi connectivity index (χ4v) is 3.12. The second-order valence-electron chi connectivity index (χ2n) is 5.31. The summed E-state index contributed by atoms with van der Waals surface area (Å²) in [6.07, 6.45) is 1.45. The van der Waals surface area contributed by atoms with Crippen molar-refractivity contribution in [3.8, 4) is 0 Å². The number of hydrogen-bond donors (Lipinski definition) is 1. The lowest BCUT2D eigenvalue weighted by Gasteiger charge is -2.14. The van der Waals surface area contributed by atoms with Gasteiger partial charge in [-0.25, -0.2) is 4.39 Å². The molecule has 1 aliphatic rings. The molecule has 9 heteroatoms. The molecule has 0 unspecified atom stereocenters. The van der Waals surface area contributed by atoms with E-state index in [0.29, 0.717) is 11.3 Å². The first kappa shape index (κ1) is 17.6. The molecular weight excluding hydrogens is 361 g/mol. The van der Waals surface area contributed by atoms with E-state index in [2.05, 4.69) is 5.32 Å². The minimum atomic E-state index is -0.535. The highest BCUT2D eigenvalue weighted by atomic mass is 32.2. The zero-order valence-electron chi connectivity index (χ0n) is 13.2. The molecule has 26 heavy (non-hydrogen) atoms. The summed E-state index contributed by atoms with van der Waals surface area (Å²) in [5.41, 5.74) is 0.782. The van der Waals surface area contributed by atoms with Crippen molar-refractivity contribution in [3.63, 3.8) is 0 Å². The predicted octanol–water partition coefficient (Wildman–Crippen LogP) is 3.84. The van der Waals surface area contributed by atoms with Crippen molar-refractivity contribution in [2.45, 2.75) is 0 Å². The second-order valence-corrected chi connectivity index (χ2v) is 6.30. The lowest BCUT2D eigenvalue weighted by Crippen LogP contribution is -2.33. The number of carbonyl (C=O) groups excluding carboxylic acids is 2. The number of hydrogen-bond acceptors (Lipinski definition) is 6. The molecule has 1 saturated heterocycles. The smallest absolute Gasteiger partial charge is 0.295 e. The van der Waals surface area contributed by atoms with Gasteiger partial charge in [-0.15, -0.1) is 0 Å². The highest BCUT2D eigenvalue weighted by Crippen LogP contribution is 2.32. The Labute approximate surface area is 151 Å². The zero-order chi connectivity index (χ0) is 18.7. The molecule has 3 rings (SSSR count).